The molecular formula is C5H12BNO. The average Bonchev–Trinajstić information content (AvgIpc) is 2.14. The summed E-state index contributed by atoms with van der Waals surface area (Å²) in [7, 11) is 1.75. The first-order valence-corrected chi connectivity index (χ1v) is 3.11. The summed E-state index contributed by atoms with van der Waals surface area (Å²) in [6.45, 7) is 0.449. The fourth-order valence-electron chi connectivity index (χ4n) is 1.19. The standard InChI is InChI=1S/C5H12BNO/c1-8-6-3-2-5(7)4-6/h5H,2-4,7H2,1H3. The van der Waals surface area contributed by atoms with Crippen LogP contribution >= 0.6 is 0 Å². The van der Waals surface area contributed by atoms with Crippen LogP contribution in [0.3, 0.4) is 0 Å². The molecule has 0 aromatic carbocycles. The minimum atomic E-state index is 0.403. The molecule has 1 unspecified atom stereocenters. The molecule has 3 heteroatoms. The van der Waals surface area contributed by atoms with E-state index in [0.29, 0.717) is 13.0 Å². The topological polar surface area (TPSA) is 35.2 Å². The van der Waals surface area contributed by atoms with Crippen LogP contribution in [0.5, 0.6) is 0 Å². The van der Waals surface area contributed by atoms with Gasteiger partial charge in [-0.05, 0) is 25.1 Å². The second-order valence-corrected chi connectivity index (χ2v) is 2.43. The van der Waals surface area contributed by atoms with E-state index >= 15 is 0 Å². The fraction of sp³-hybridized carbons (Fsp3) is 1.00. The Bertz CT molecular complexity index is 78.8. The first kappa shape index (κ1) is 6.11. The lowest BCUT2D eigenvalue weighted by Gasteiger charge is -1.99. The third-order valence-corrected chi connectivity index (χ3v) is 1.76. The van der Waals surface area contributed by atoms with Crippen LogP contribution in [0, 0.1) is 0 Å². The van der Waals surface area contributed by atoms with Gasteiger partial charge in [-0.15, -0.1) is 0 Å². The van der Waals surface area contributed by atoms with Gasteiger partial charge >= 0.3 is 0 Å². The van der Waals surface area contributed by atoms with Crippen LogP contribution in [-0.2, 0) is 4.65 Å². The molecule has 0 aromatic rings. The van der Waals surface area contributed by atoms with Gasteiger partial charge in [0, 0.05) is 7.11 Å². The Morgan fingerprint density at radius 1 is 1.75 bits per heavy atom. The summed E-state index contributed by atoms with van der Waals surface area (Å²) in [5, 5.41) is 0. The summed E-state index contributed by atoms with van der Waals surface area (Å²) >= 11 is 0. The van der Waals surface area contributed by atoms with E-state index < -0.39 is 0 Å². The van der Waals surface area contributed by atoms with Crippen molar-refractivity contribution in [1.82, 2.24) is 0 Å². The Balaban J connectivity index is 2.22. The highest BCUT2D eigenvalue weighted by Crippen LogP contribution is 2.17. The molecule has 0 amide bonds. The molecule has 0 spiro atoms. The highest BCUT2D eigenvalue weighted by atomic mass is 16.4. The molecule has 1 saturated heterocycles. The molecule has 1 aliphatic heterocycles. The van der Waals surface area contributed by atoms with Crippen LogP contribution in [0.1, 0.15) is 6.42 Å². The van der Waals surface area contributed by atoms with Crippen LogP contribution in [0.4, 0.5) is 0 Å². The zero-order valence-corrected chi connectivity index (χ0v) is 5.26. The lowest BCUT2D eigenvalue weighted by Crippen LogP contribution is -2.18. The molecule has 1 aliphatic rings. The van der Waals surface area contributed by atoms with Crippen LogP contribution in [-0.4, -0.2) is 20.1 Å². The van der Waals surface area contributed by atoms with Gasteiger partial charge in [0.1, 0.15) is 0 Å². The lowest BCUT2D eigenvalue weighted by atomic mass is 9.66. The molecule has 0 aromatic heterocycles. The van der Waals surface area contributed by atoms with Crippen molar-refractivity contribution in [2.45, 2.75) is 25.1 Å². The van der Waals surface area contributed by atoms with E-state index in [1.807, 2.05) is 0 Å². The quantitative estimate of drug-likeness (QED) is 0.498. The van der Waals surface area contributed by atoms with Crippen LogP contribution in [0.15, 0.2) is 0 Å². The third-order valence-electron chi connectivity index (χ3n) is 1.76. The maximum Gasteiger partial charge on any atom is 0.294 e. The first-order valence-electron chi connectivity index (χ1n) is 3.11. The maximum absolute atomic E-state index is 5.62. The van der Waals surface area contributed by atoms with E-state index in [1.54, 1.807) is 7.11 Å². The smallest absolute Gasteiger partial charge is 0.294 e. The third kappa shape index (κ3) is 1.23. The van der Waals surface area contributed by atoms with Gasteiger partial charge in [-0.2, -0.15) is 0 Å². The Labute approximate surface area is 50.5 Å². The van der Waals surface area contributed by atoms with E-state index in [-0.39, 0.29) is 0 Å². The molecule has 2 nitrogen and oxygen atoms in total. The largest absolute Gasteiger partial charge is 0.438 e. The van der Waals surface area contributed by atoms with Gasteiger partial charge in [0.2, 0.25) is 0 Å². The summed E-state index contributed by atoms with van der Waals surface area (Å²) in [6, 6.07) is 0.403. The highest BCUT2D eigenvalue weighted by Gasteiger charge is 2.25. The second-order valence-electron chi connectivity index (χ2n) is 2.43. The first-order chi connectivity index (χ1) is 3.83. The molecule has 1 heterocycles. The van der Waals surface area contributed by atoms with E-state index in [2.05, 4.69) is 0 Å². The van der Waals surface area contributed by atoms with Crippen molar-refractivity contribution in [3.05, 3.63) is 0 Å². The van der Waals surface area contributed by atoms with E-state index in [4.69, 9.17) is 10.4 Å². The summed E-state index contributed by atoms with van der Waals surface area (Å²) in [6.07, 6.45) is 3.34. The Hall–Kier alpha value is -0.0151. The average molecular weight is 113 g/mol. The molecule has 0 radical (unpaired) electrons. The van der Waals surface area contributed by atoms with E-state index in [1.165, 1.54) is 0 Å². The summed E-state index contributed by atoms with van der Waals surface area (Å²) < 4.78 is 5.10. The van der Waals surface area contributed by atoms with Crippen LogP contribution in [0.25, 0.3) is 0 Å². The fourth-order valence-corrected chi connectivity index (χ4v) is 1.19. The molecule has 1 atom stereocenters. The SMILES string of the molecule is COB1CCC(N)C1. The molecule has 8 heavy (non-hydrogen) atoms. The molecule has 1 fully saturated rings. The molecule has 0 saturated carbocycles. The monoisotopic (exact) mass is 113 g/mol. The van der Waals surface area contributed by atoms with Gasteiger partial charge in [-0.1, -0.05) is 0 Å². The van der Waals surface area contributed by atoms with E-state index in [9.17, 15) is 0 Å². The normalized spacial score (nSPS) is 29.2. The molecule has 0 bridgehead atoms. The van der Waals surface area contributed by atoms with Gasteiger partial charge < -0.3 is 10.4 Å². The van der Waals surface area contributed by atoms with Crippen molar-refractivity contribution in [2.24, 2.45) is 5.73 Å². The van der Waals surface area contributed by atoms with Crippen molar-refractivity contribution in [3.63, 3.8) is 0 Å². The lowest BCUT2D eigenvalue weighted by molar-refractivity contribution is 0.423. The number of rotatable bonds is 1. The number of nitrogens with two attached hydrogens (primary N) is 1. The van der Waals surface area contributed by atoms with Gasteiger partial charge in [0.15, 0.2) is 0 Å². The Morgan fingerprint density at radius 2 is 2.50 bits per heavy atom. The molecule has 1 rings (SSSR count). The highest BCUT2D eigenvalue weighted by molar-refractivity contribution is 6.52. The van der Waals surface area contributed by atoms with Crippen molar-refractivity contribution in [2.75, 3.05) is 7.11 Å². The van der Waals surface area contributed by atoms with Gasteiger partial charge in [-0.25, -0.2) is 0 Å². The van der Waals surface area contributed by atoms with Gasteiger partial charge in [0.25, 0.3) is 6.92 Å². The molecular weight excluding hydrogens is 101 g/mol. The van der Waals surface area contributed by atoms with Crippen molar-refractivity contribution in [3.8, 4) is 0 Å². The van der Waals surface area contributed by atoms with Crippen molar-refractivity contribution in [1.29, 1.82) is 0 Å². The van der Waals surface area contributed by atoms with Crippen LogP contribution < -0.4 is 5.73 Å². The molecule has 0 aliphatic carbocycles. The van der Waals surface area contributed by atoms with Crippen molar-refractivity contribution < 1.29 is 4.65 Å². The molecule has 2 N–H and O–H groups in total. The van der Waals surface area contributed by atoms with Crippen molar-refractivity contribution >= 4 is 6.92 Å². The zero-order chi connectivity index (χ0) is 5.98. The van der Waals surface area contributed by atoms with Gasteiger partial charge in [-0.3, -0.25) is 0 Å². The predicted octanol–water partition coefficient (Wildman–Crippen LogP) is 0.355. The van der Waals surface area contributed by atoms with Crippen LogP contribution in [0.2, 0.25) is 12.6 Å². The summed E-state index contributed by atoms with van der Waals surface area (Å²) in [4.78, 5) is 0. The predicted molar refractivity (Wildman–Crippen MR) is 35.0 cm³/mol. The Kier molecular flexibility index (Phi) is 1.92. The second kappa shape index (κ2) is 2.51. The minimum absolute atomic E-state index is 0.403. The summed E-state index contributed by atoms with van der Waals surface area (Å²) in [5.74, 6) is 0. The molecule has 46 valence electrons. The minimum Gasteiger partial charge on any atom is -0.438 e. The van der Waals surface area contributed by atoms with Gasteiger partial charge in [0.05, 0.1) is 0 Å². The maximum atomic E-state index is 5.62. The van der Waals surface area contributed by atoms with E-state index in [0.717, 1.165) is 19.1 Å². The zero-order valence-electron chi connectivity index (χ0n) is 5.26. The number of hydrogen-bond acceptors (Lipinski definition) is 2. The summed E-state index contributed by atoms with van der Waals surface area (Å²) in [5.41, 5.74) is 5.62. The number of hydrogen-bond donors (Lipinski definition) is 1. The Morgan fingerprint density at radius 3 is 2.75 bits per heavy atom.